The molecule has 0 fully saturated rings. The van der Waals surface area contributed by atoms with Gasteiger partial charge in [0, 0.05) is 18.0 Å². The summed E-state index contributed by atoms with van der Waals surface area (Å²) in [6.07, 6.45) is 0. The summed E-state index contributed by atoms with van der Waals surface area (Å²) < 4.78 is 19.1. The van der Waals surface area contributed by atoms with E-state index in [0.29, 0.717) is 28.0 Å². The van der Waals surface area contributed by atoms with Crippen molar-refractivity contribution in [2.75, 3.05) is 5.32 Å². The molecule has 0 saturated carbocycles. The maximum absolute atomic E-state index is 13.5. The summed E-state index contributed by atoms with van der Waals surface area (Å²) in [6, 6.07) is 5.01. The summed E-state index contributed by atoms with van der Waals surface area (Å²) in [7, 11) is 0. The highest BCUT2D eigenvalue weighted by molar-refractivity contribution is 7.14. The van der Waals surface area contributed by atoms with Crippen molar-refractivity contribution in [2.45, 2.75) is 20.8 Å². The average molecular weight is 303 g/mol. The lowest BCUT2D eigenvalue weighted by atomic mass is 10.2. The average Bonchev–Trinajstić information content (AvgIpc) is 3.00. The summed E-state index contributed by atoms with van der Waals surface area (Å²) in [4.78, 5) is 8.68. The Morgan fingerprint density at radius 1 is 1.19 bits per heavy atom. The van der Waals surface area contributed by atoms with E-state index in [1.807, 2.05) is 18.4 Å². The van der Waals surface area contributed by atoms with Crippen molar-refractivity contribution in [1.29, 1.82) is 0 Å². The van der Waals surface area contributed by atoms with Gasteiger partial charge in [-0.25, -0.2) is 14.4 Å². The summed E-state index contributed by atoms with van der Waals surface area (Å²) in [5, 5.41) is 5.66. The molecule has 0 bridgehead atoms. The number of hydrogen-bond donors (Lipinski definition) is 1. The molecule has 1 aromatic carbocycles. The smallest absolute Gasteiger partial charge is 0.192 e. The minimum absolute atomic E-state index is 0.238. The normalized spacial score (nSPS) is 10.9. The van der Waals surface area contributed by atoms with E-state index in [1.54, 1.807) is 19.9 Å². The maximum atomic E-state index is 13.5. The van der Waals surface area contributed by atoms with Gasteiger partial charge in [0.1, 0.15) is 11.5 Å². The van der Waals surface area contributed by atoms with Gasteiger partial charge in [0.05, 0.1) is 5.69 Å². The number of anilines is 2. The SMILES string of the molecule is Cc1nc(C)c(-c2csc(Nc3ccc(C)c(F)c3)n2)o1. The number of rotatable bonds is 3. The Hall–Kier alpha value is -2.21. The van der Waals surface area contributed by atoms with E-state index in [4.69, 9.17) is 4.42 Å². The lowest BCUT2D eigenvalue weighted by Gasteiger charge is -2.03. The second-order valence-corrected chi connectivity index (χ2v) is 5.63. The largest absolute Gasteiger partial charge is 0.439 e. The molecule has 0 radical (unpaired) electrons. The second kappa shape index (κ2) is 5.29. The van der Waals surface area contributed by atoms with E-state index in [0.717, 1.165) is 11.4 Å². The Balaban J connectivity index is 1.85. The van der Waals surface area contributed by atoms with Crippen LogP contribution in [0.15, 0.2) is 28.0 Å². The zero-order chi connectivity index (χ0) is 15.0. The van der Waals surface area contributed by atoms with Crippen molar-refractivity contribution in [1.82, 2.24) is 9.97 Å². The number of aromatic nitrogens is 2. The van der Waals surface area contributed by atoms with Gasteiger partial charge in [-0.1, -0.05) is 6.07 Å². The van der Waals surface area contributed by atoms with Crippen LogP contribution >= 0.6 is 11.3 Å². The van der Waals surface area contributed by atoms with Crippen LogP contribution in [0, 0.1) is 26.6 Å². The number of oxazole rings is 1. The predicted molar refractivity (Wildman–Crippen MR) is 81.5 cm³/mol. The first kappa shape index (κ1) is 13.8. The van der Waals surface area contributed by atoms with Crippen molar-refractivity contribution in [3.63, 3.8) is 0 Å². The van der Waals surface area contributed by atoms with Gasteiger partial charge in [-0.3, -0.25) is 0 Å². The van der Waals surface area contributed by atoms with Gasteiger partial charge >= 0.3 is 0 Å². The first-order valence-electron chi connectivity index (χ1n) is 6.46. The fourth-order valence-electron chi connectivity index (χ4n) is 2.00. The van der Waals surface area contributed by atoms with E-state index in [1.165, 1.54) is 17.4 Å². The van der Waals surface area contributed by atoms with Crippen molar-refractivity contribution in [2.24, 2.45) is 0 Å². The number of benzene rings is 1. The Kier molecular flexibility index (Phi) is 3.47. The number of hydrogen-bond acceptors (Lipinski definition) is 5. The lowest BCUT2D eigenvalue weighted by molar-refractivity contribution is 0.532. The van der Waals surface area contributed by atoms with Crippen LogP contribution in [0.1, 0.15) is 17.1 Å². The first-order chi connectivity index (χ1) is 10.0. The maximum Gasteiger partial charge on any atom is 0.192 e. The minimum Gasteiger partial charge on any atom is -0.439 e. The van der Waals surface area contributed by atoms with Gasteiger partial charge < -0.3 is 9.73 Å². The third-order valence-corrected chi connectivity index (χ3v) is 3.82. The van der Waals surface area contributed by atoms with Crippen LogP contribution in [-0.4, -0.2) is 9.97 Å². The number of nitrogens with one attached hydrogen (secondary N) is 1. The van der Waals surface area contributed by atoms with Crippen molar-refractivity contribution >= 4 is 22.2 Å². The molecular weight excluding hydrogens is 289 g/mol. The van der Waals surface area contributed by atoms with E-state index in [9.17, 15) is 4.39 Å². The highest BCUT2D eigenvalue weighted by atomic mass is 32.1. The molecule has 0 spiro atoms. The van der Waals surface area contributed by atoms with Crippen LogP contribution < -0.4 is 5.32 Å². The van der Waals surface area contributed by atoms with Crippen molar-refractivity contribution in [3.05, 3.63) is 46.5 Å². The van der Waals surface area contributed by atoms with Crippen LogP contribution in [0.3, 0.4) is 0 Å². The van der Waals surface area contributed by atoms with Gasteiger partial charge in [-0.15, -0.1) is 11.3 Å². The van der Waals surface area contributed by atoms with Gasteiger partial charge in [0.15, 0.2) is 16.8 Å². The second-order valence-electron chi connectivity index (χ2n) is 4.77. The zero-order valence-electron chi connectivity index (χ0n) is 11.9. The molecule has 21 heavy (non-hydrogen) atoms. The van der Waals surface area contributed by atoms with Crippen molar-refractivity contribution < 1.29 is 8.81 Å². The molecule has 1 N–H and O–H groups in total. The Labute approximate surface area is 125 Å². The minimum atomic E-state index is -0.238. The van der Waals surface area contributed by atoms with Crippen molar-refractivity contribution in [3.8, 4) is 11.5 Å². The van der Waals surface area contributed by atoms with Crippen LogP contribution in [-0.2, 0) is 0 Å². The van der Waals surface area contributed by atoms with Crippen LogP contribution in [0.5, 0.6) is 0 Å². The van der Waals surface area contributed by atoms with Gasteiger partial charge in [0.2, 0.25) is 0 Å². The van der Waals surface area contributed by atoms with E-state index >= 15 is 0 Å². The number of thiazole rings is 1. The molecular formula is C15H14FN3OS. The van der Waals surface area contributed by atoms with Crippen LogP contribution in [0.2, 0.25) is 0 Å². The molecule has 108 valence electrons. The summed E-state index contributed by atoms with van der Waals surface area (Å²) >= 11 is 1.43. The standard InChI is InChI=1S/C15H14FN3OS/c1-8-4-5-11(6-12(8)16)18-15-19-13(7-21-15)14-9(2)17-10(3)20-14/h4-7H,1-3H3,(H,18,19). The molecule has 0 aliphatic heterocycles. The van der Waals surface area contributed by atoms with Crippen LogP contribution in [0.25, 0.3) is 11.5 Å². The van der Waals surface area contributed by atoms with E-state index in [2.05, 4.69) is 15.3 Å². The molecule has 0 aliphatic carbocycles. The molecule has 4 nitrogen and oxygen atoms in total. The van der Waals surface area contributed by atoms with E-state index < -0.39 is 0 Å². The summed E-state index contributed by atoms with van der Waals surface area (Å²) in [6.45, 7) is 5.42. The molecule has 0 saturated heterocycles. The molecule has 2 heterocycles. The highest BCUT2D eigenvalue weighted by Gasteiger charge is 2.13. The molecule has 6 heteroatoms. The summed E-state index contributed by atoms with van der Waals surface area (Å²) in [5.74, 6) is 1.05. The molecule has 3 aromatic rings. The quantitative estimate of drug-likeness (QED) is 0.768. The summed E-state index contributed by atoms with van der Waals surface area (Å²) in [5.41, 5.74) is 2.83. The Morgan fingerprint density at radius 3 is 2.67 bits per heavy atom. The fourth-order valence-corrected chi connectivity index (χ4v) is 2.71. The zero-order valence-corrected chi connectivity index (χ0v) is 12.7. The van der Waals surface area contributed by atoms with Gasteiger partial charge in [-0.05, 0) is 31.5 Å². The highest BCUT2D eigenvalue weighted by Crippen LogP contribution is 2.29. The first-order valence-corrected chi connectivity index (χ1v) is 7.34. The molecule has 0 atom stereocenters. The molecule has 0 amide bonds. The third-order valence-electron chi connectivity index (χ3n) is 3.06. The Bertz CT molecular complexity index is 794. The molecule has 0 aliphatic rings. The lowest BCUT2D eigenvalue weighted by Crippen LogP contribution is -1.92. The van der Waals surface area contributed by atoms with Gasteiger partial charge in [0.25, 0.3) is 0 Å². The molecule has 3 rings (SSSR count). The topological polar surface area (TPSA) is 51.0 Å². The number of aryl methyl sites for hydroxylation is 3. The Morgan fingerprint density at radius 2 is 2.00 bits per heavy atom. The van der Waals surface area contributed by atoms with Crippen LogP contribution in [0.4, 0.5) is 15.2 Å². The van der Waals surface area contributed by atoms with E-state index in [-0.39, 0.29) is 5.82 Å². The molecule has 0 unspecified atom stereocenters. The fraction of sp³-hybridized carbons (Fsp3) is 0.200. The van der Waals surface area contributed by atoms with Gasteiger partial charge in [-0.2, -0.15) is 0 Å². The number of halogens is 1. The number of nitrogens with zero attached hydrogens (tertiary/aromatic N) is 2. The monoisotopic (exact) mass is 303 g/mol. The predicted octanol–water partition coefficient (Wildman–Crippen LogP) is 4.61. The third kappa shape index (κ3) is 2.80. The molecule has 2 aromatic heterocycles.